The van der Waals surface area contributed by atoms with Crippen LogP contribution in [-0.2, 0) is 6.42 Å². The molecule has 0 spiro atoms. The molecular formula is C17H16FN3O. The molecule has 1 aromatic heterocycles. The third-order valence-corrected chi connectivity index (χ3v) is 3.48. The average Bonchev–Trinajstić information content (AvgIpc) is 2.55. The van der Waals surface area contributed by atoms with Gasteiger partial charge in [-0.1, -0.05) is 30.3 Å². The van der Waals surface area contributed by atoms with Crippen molar-refractivity contribution >= 4 is 16.7 Å². The monoisotopic (exact) mass is 297 g/mol. The lowest BCUT2D eigenvalue weighted by atomic mass is 10.1. The van der Waals surface area contributed by atoms with Gasteiger partial charge in [-0.15, -0.1) is 0 Å². The Morgan fingerprint density at radius 1 is 1.09 bits per heavy atom. The number of aliphatic hydroxyl groups excluding tert-OH is 1. The zero-order valence-corrected chi connectivity index (χ0v) is 11.9. The van der Waals surface area contributed by atoms with Gasteiger partial charge in [0.15, 0.2) is 0 Å². The minimum atomic E-state index is -0.339. The van der Waals surface area contributed by atoms with Gasteiger partial charge in [0.25, 0.3) is 0 Å². The molecule has 3 rings (SSSR count). The van der Waals surface area contributed by atoms with Crippen molar-refractivity contribution < 1.29 is 9.50 Å². The molecule has 0 aliphatic carbocycles. The second-order valence-corrected chi connectivity index (χ2v) is 5.10. The fraction of sp³-hybridized carbons (Fsp3) is 0.176. The van der Waals surface area contributed by atoms with Crippen molar-refractivity contribution in [3.63, 3.8) is 0 Å². The summed E-state index contributed by atoms with van der Waals surface area (Å²) in [5.41, 5.74) is 1.77. The van der Waals surface area contributed by atoms with Gasteiger partial charge >= 0.3 is 0 Å². The molecule has 4 nitrogen and oxygen atoms in total. The Morgan fingerprint density at radius 3 is 2.68 bits per heavy atom. The lowest BCUT2D eigenvalue weighted by molar-refractivity contribution is 0.273. The van der Waals surface area contributed by atoms with E-state index in [1.807, 2.05) is 30.3 Å². The van der Waals surface area contributed by atoms with Crippen molar-refractivity contribution in [3.05, 3.63) is 66.2 Å². The number of anilines is 1. The van der Waals surface area contributed by atoms with Crippen molar-refractivity contribution in [3.8, 4) is 0 Å². The van der Waals surface area contributed by atoms with E-state index < -0.39 is 0 Å². The SMILES string of the molecule is OC[C@@H](Cc1ccccc1)Nc1ncnc2ccc(F)cc12. The van der Waals surface area contributed by atoms with E-state index in [0.717, 1.165) is 5.56 Å². The van der Waals surface area contributed by atoms with Gasteiger partial charge in [0.1, 0.15) is 18.0 Å². The molecule has 0 unspecified atom stereocenters. The first-order chi connectivity index (χ1) is 10.8. The van der Waals surface area contributed by atoms with Gasteiger partial charge in [0, 0.05) is 5.39 Å². The van der Waals surface area contributed by atoms with Crippen molar-refractivity contribution in [2.24, 2.45) is 0 Å². The first kappa shape index (κ1) is 14.4. The standard InChI is InChI=1S/C17H16FN3O/c18-13-6-7-16-15(9-13)17(20-11-19-16)21-14(10-22)8-12-4-2-1-3-5-12/h1-7,9,11,14,22H,8,10H2,(H,19,20,21)/t14-/m1/s1. The molecule has 5 heteroatoms. The van der Waals surface area contributed by atoms with E-state index in [2.05, 4.69) is 15.3 Å². The van der Waals surface area contributed by atoms with Gasteiger partial charge < -0.3 is 10.4 Å². The summed E-state index contributed by atoms with van der Waals surface area (Å²) < 4.78 is 13.5. The highest BCUT2D eigenvalue weighted by molar-refractivity contribution is 5.88. The minimum absolute atomic E-state index is 0.0459. The van der Waals surface area contributed by atoms with E-state index in [-0.39, 0.29) is 18.5 Å². The molecule has 112 valence electrons. The van der Waals surface area contributed by atoms with Crippen LogP contribution in [0.15, 0.2) is 54.9 Å². The minimum Gasteiger partial charge on any atom is -0.394 e. The summed E-state index contributed by atoms with van der Waals surface area (Å²) in [7, 11) is 0. The van der Waals surface area contributed by atoms with Crippen molar-refractivity contribution in [2.75, 3.05) is 11.9 Å². The van der Waals surface area contributed by atoms with E-state index in [1.165, 1.54) is 18.5 Å². The molecule has 0 bridgehead atoms. The number of hydrogen-bond donors (Lipinski definition) is 2. The Hall–Kier alpha value is -2.53. The van der Waals surface area contributed by atoms with E-state index in [1.54, 1.807) is 6.07 Å². The lowest BCUT2D eigenvalue weighted by Gasteiger charge is -2.18. The predicted molar refractivity (Wildman–Crippen MR) is 84.1 cm³/mol. The molecule has 0 radical (unpaired) electrons. The molecule has 1 atom stereocenters. The average molecular weight is 297 g/mol. The first-order valence-corrected chi connectivity index (χ1v) is 7.08. The number of rotatable bonds is 5. The largest absolute Gasteiger partial charge is 0.394 e. The van der Waals surface area contributed by atoms with E-state index in [9.17, 15) is 9.50 Å². The van der Waals surface area contributed by atoms with Crippen LogP contribution in [0.25, 0.3) is 10.9 Å². The lowest BCUT2D eigenvalue weighted by Crippen LogP contribution is -2.27. The number of benzene rings is 2. The van der Waals surface area contributed by atoms with E-state index in [0.29, 0.717) is 23.1 Å². The molecule has 0 amide bonds. The van der Waals surface area contributed by atoms with Gasteiger partial charge in [-0.3, -0.25) is 0 Å². The molecule has 3 aromatic rings. The number of hydrogen-bond acceptors (Lipinski definition) is 4. The fourth-order valence-electron chi connectivity index (χ4n) is 2.40. The molecule has 0 aliphatic heterocycles. The van der Waals surface area contributed by atoms with Gasteiger partial charge in [0.05, 0.1) is 18.2 Å². The van der Waals surface area contributed by atoms with Crippen molar-refractivity contribution in [2.45, 2.75) is 12.5 Å². The third kappa shape index (κ3) is 3.20. The Labute approximate surface area is 127 Å². The van der Waals surface area contributed by atoms with Gasteiger partial charge in [-0.2, -0.15) is 0 Å². The number of aromatic nitrogens is 2. The number of halogens is 1. The molecule has 22 heavy (non-hydrogen) atoms. The predicted octanol–water partition coefficient (Wildman–Crippen LogP) is 2.78. The number of nitrogens with zero attached hydrogens (tertiary/aromatic N) is 2. The molecule has 2 N–H and O–H groups in total. The fourth-order valence-corrected chi connectivity index (χ4v) is 2.40. The molecular weight excluding hydrogens is 281 g/mol. The Bertz CT molecular complexity index is 764. The zero-order valence-electron chi connectivity index (χ0n) is 11.9. The number of aliphatic hydroxyl groups is 1. The summed E-state index contributed by atoms with van der Waals surface area (Å²) in [6.45, 7) is -0.0459. The highest BCUT2D eigenvalue weighted by Gasteiger charge is 2.12. The maximum atomic E-state index is 13.5. The van der Waals surface area contributed by atoms with Crippen LogP contribution in [0.4, 0.5) is 10.2 Å². The zero-order chi connectivity index (χ0) is 15.4. The summed E-state index contributed by atoms with van der Waals surface area (Å²) in [5.74, 6) is 0.188. The highest BCUT2D eigenvalue weighted by Crippen LogP contribution is 2.21. The Balaban J connectivity index is 1.86. The maximum Gasteiger partial charge on any atom is 0.137 e. The van der Waals surface area contributed by atoms with E-state index >= 15 is 0 Å². The Kier molecular flexibility index (Phi) is 4.25. The second-order valence-electron chi connectivity index (χ2n) is 5.10. The normalized spacial score (nSPS) is 12.3. The van der Waals surface area contributed by atoms with Crippen LogP contribution < -0.4 is 5.32 Å². The highest BCUT2D eigenvalue weighted by atomic mass is 19.1. The molecule has 0 aliphatic rings. The van der Waals surface area contributed by atoms with Gasteiger partial charge in [-0.05, 0) is 30.2 Å². The molecule has 2 aromatic carbocycles. The van der Waals surface area contributed by atoms with Crippen LogP contribution in [-0.4, -0.2) is 27.7 Å². The number of fused-ring (bicyclic) bond motifs is 1. The Morgan fingerprint density at radius 2 is 1.91 bits per heavy atom. The van der Waals surface area contributed by atoms with Crippen LogP contribution in [0.5, 0.6) is 0 Å². The summed E-state index contributed by atoms with van der Waals surface area (Å²) >= 11 is 0. The van der Waals surface area contributed by atoms with Crippen LogP contribution in [0.2, 0.25) is 0 Å². The molecule has 1 heterocycles. The van der Waals surface area contributed by atoms with Crippen molar-refractivity contribution in [1.29, 1.82) is 0 Å². The second kappa shape index (κ2) is 6.49. The van der Waals surface area contributed by atoms with Gasteiger partial charge in [0.2, 0.25) is 0 Å². The quantitative estimate of drug-likeness (QED) is 0.760. The van der Waals surface area contributed by atoms with Crippen molar-refractivity contribution in [1.82, 2.24) is 9.97 Å². The molecule has 0 saturated carbocycles. The van der Waals surface area contributed by atoms with E-state index in [4.69, 9.17) is 0 Å². The van der Waals surface area contributed by atoms with Crippen LogP contribution in [0, 0.1) is 5.82 Å². The van der Waals surface area contributed by atoms with Crippen LogP contribution in [0.3, 0.4) is 0 Å². The maximum absolute atomic E-state index is 13.5. The summed E-state index contributed by atoms with van der Waals surface area (Å²) in [6.07, 6.45) is 2.08. The van der Waals surface area contributed by atoms with Crippen LogP contribution >= 0.6 is 0 Å². The van der Waals surface area contributed by atoms with Crippen LogP contribution in [0.1, 0.15) is 5.56 Å². The molecule has 0 saturated heterocycles. The van der Waals surface area contributed by atoms with Gasteiger partial charge in [-0.25, -0.2) is 14.4 Å². The smallest absolute Gasteiger partial charge is 0.137 e. The summed E-state index contributed by atoms with van der Waals surface area (Å²) in [6, 6.07) is 14.0. The summed E-state index contributed by atoms with van der Waals surface area (Å²) in [5, 5.41) is 13.4. The first-order valence-electron chi connectivity index (χ1n) is 7.08. The number of nitrogens with one attached hydrogen (secondary N) is 1. The summed E-state index contributed by atoms with van der Waals surface area (Å²) in [4.78, 5) is 8.30. The topological polar surface area (TPSA) is 58.0 Å². The molecule has 0 fully saturated rings. The third-order valence-electron chi connectivity index (χ3n) is 3.48.